The number of hydrogen-bond donors (Lipinski definition) is 1. The average molecular weight is 246 g/mol. The first-order chi connectivity index (χ1) is 8.70. The first kappa shape index (κ1) is 12.6. The van der Waals surface area contributed by atoms with E-state index in [4.69, 9.17) is 10.5 Å². The number of nitrogens with zero attached hydrogens (tertiary/aromatic N) is 3. The van der Waals surface area contributed by atoms with Crippen molar-refractivity contribution in [2.45, 2.75) is 33.0 Å². The molecule has 0 amide bonds. The summed E-state index contributed by atoms with van der Waals surface area (Å²) in [5.41, 5.74) is 6.90. The van der Waals surface area contributed by atoms with Crippen molar-refractivity contribution in [1.82, 2.24) is 14.8 Å². The maximum absolute atomic E-state index is 5.84. The van der Waals surface area contributed by atoms with Gasteiger partial charge in [0.1, 0.15) is 18.7 Å². The van der Waals surface area contributed by atoms with Gasteiger partial charge in [-0.05, 0) is 31.5 Å². The second-order valence-corrected chi connectivity index (χ2v) is 4.14. The lowest BCUT2D eigenvalue weighted by Gasteiger charge is -2.10. The van der Waals surface area contributed by atoms with E-state index in [1.807, 2.05) is 42.8 Å². The van der Waals surface area contributed by atoms with E-state index >= 15 is 0 Å². The predicted molar refractivity (Wildman–Crippen MR) is 69.1 cm³/mol. The number of rotatable bonds is 5. The molecule has 96 valence electrons. The molecule has 5 nitrogen and oxygen atoms in total. The van der Waals surface area contributed by atoms with Gasteiger partial charge >= 0.3 is 0 Å². The zero-order chi connectivity index (χ0) is 13.0. The summed E-state index contributed by atoms with van der Waals surface area (Å²) in [5, 5.41) is 4.10. The van der Waals surface area contributed by atoms with E-state index in [0.29, 0.717) is 6.61 Å². The molecule has 0 aliphatic carbocycles. The van der Waals surface area contributed by atoms with E-state index in [2.05, 4.69) is 10.1 Å². The Balaban J connectivity index is 2.04. The molecular weight excluding hydrogens is 228 g/mol. The molecule has 0 bridgehead atoms. The van der Waals surface area contributed by atoms with Crippen LogP contribution in [0.3, 0.4) is 0 Å². The van der Waals surface area contributed by atoms with Crippen LogP contribution < -0.4 is 10.5 Å². The molecule has 0 saturated heterocycles. The zero-order valence-electron chi connectivity index (χ0n) is 10.7. The second-order valence-electron chi connectivity index (χ2n) is 4.14. The lowest BCUT2D eigenvalue weighted by atomic mass is 10.1. The second kappa shape index (κ2) is 5.64. The van der Waals surface area contributed by atoms with E-state index in [9.17, 15) is 0 Å². The first-order valence-corrected chi connectivity index (χ1v) is 6.05. The number of nitrogens with two attached hydrogens (primary N) is 1. The van der Waals surface area contributed by atoms with Crippen molar-refractivity contribution in [3.63, 3.8) is 0 Å². The summed E-state index contributed by atoms with van der Waals surface area (Å²) >= 11 is 0. The van der Waals surface area contributed by atoms with Gasteiger partial charge in [-0.15, -0.1) is 0 Å². The van der Waals surface area contributed by atoms with Gasteiger partial charge in [0.25, 0.3) is 0 Å². The van der Waals surface area contributed by atoms with E-state index in [1.54, 1.807) is 6.33 Å². The highest BCUT2D eigenvalue weighted by Gasteiger charge is 2.05. The molecule has 0 unspecified atom stereocenters. The molecule has 0 saturated carbocycles. The maximum Gasteiger partial charge on any atom is 0.164 e. The average Bonchev–Trinajstić information content (AvgIpc) is 2.84. The van der Waals surface area contributed by atoms with E-state index < -0.39 is 0 Å². The van der Waals surface area contributed by atoms with Crippen LogP contribution in [-0.4, -0.2) is 14.8 Å². The fourth-order valence-electron chi connectivity index (χ4n) is 1.70. The molecule has 2 aromatic rings. The SMILES string of the molecule is CCn1ncnc1COc1cccc([C@@H](C)N)c1. The topological polar surface area (TPSA) is 66.0 Å². The van der Waals surface area contributed by atoms with Crippen molar-refractivity contribution in [2.75, 3.05) is 0 Å². The summed E-state index contributed by atoms with van der Waals surface area (Å²) in [4.78, 5) is 4.16. The van der Waals surface area contributed by atoms with E-state index in [0.717, 1.165) is 23.7 Å². The predicted octanol–water partition coefficient (Wildman–Crippen LogP) is 1.90. The van der Waals surface area contributed by atoms with Crippen LogP contribution in [0.2, 0.25) is 0 Å². The monoisotopic (exact) mass is 246 g/mol. The Morgan fingerprint density at radius 3 is 3.00 bits per heavy atom. The normalized spacial score (nSPS) is 12.4. The fourth-order valence-corrected chi connectivity index (χ4v) is 1.70. The lowest BCUT2D eigenvalue weighted by molar-refractivity contribution is 0.287. The third-order valence-corrected chi connectivity index (χ3v) is 2.75. The smallest absolute Gasteiger partial charge is 0.164 e. The van der Waals surface area contributed by atoms with Crippen molar-refractivity contribution in [3.05, 3.63) is 42.0 Å². The summed E-state index contributed by atoms with van der Waals surface area (Å²) < 4.78 is 7.52. The van der Waals surface area contributed by atoms with Crippen LogP contribution in [0.25, 0.3) is 0 Å². The van der Waals surface area contributed by atoms with Gasteiger partial charge in [0.15, 0.2) is 5.82 Å². The van der Waals surface area contributed by atoms with E-state index in [1.165, 1.54) is 0 Å². The standard InChI is InChI=1S/C13H18N4O/c1-3-17-13(15-9-16-17)8-18-12-6-4-5-11(7-12)10(2)14/h4-7,9-10H,3,8,14H2,1-2H3/t10-/m1/s1. The minimum atomic E-state index is 0.00726. The van der Waals surface area contributed by atoms with Crippen LogP contribution in [0.4, 0.5) is 0 Å². The molecule has 0 radical (unpaired) electrons. The van der Waals surface area contributed by atoms with Crippen LogP contribution in [0.15, 0.2) is 30.6 Å². The quantitative estimate of drug-likeness (QED) is 0.875. The van der Waals surface area contributed by atoms with Gasteiger partial charge < -0.3 is 10.5 Å². The largest absolute Gasteiger partial charge is 0.486 e. The Bertz CT molecular complexity index is 507. The van der Waals surface area contributed by atoms with Crippen molar-refractivity contribution < 1.29 is 4.74 Å². The Hall–Kier alpha value is -1.88. The summed E-state index contributed by atoms with van der Waals surface area (Å²) in [6.07, 6.45) is 1.54. The highest BCUT2D eigenvalue weighted by atomic mass is 16.5. The fraction of sp³-hybridized carbons (Fsp3) is 0.385. The molecule has 1 heterocycles. The first-order valence-electron chi connectivity index (χ1n) is 6.05. The molecule has 5 heteroatoms. The molecule has 0 aliphatic heterocycles. The number of hydrogen-bond acceptors (Lipinski definition) is 4. The minimum Gasteiger partial charge on any atom is -0.486 e. The maximum atomic E-state index is 5.84. The molecule has 18 heavy (non-hydrogen) atoms. The summed E-state index contributed by atoms with van der Waals surface area (Å²) in [5.74, 6) is 1.62. The summed E-state index contributed by atoms with van der Waals surface area (Å²) in [6, 6.07) is 7.81. The van der Waals surface area contributed by atoms with Gasteiger partial charge in [-0.1, -0.05) is 12.1 Å². The molecule has 2 rings (SSSR count). The highest BCUT2D eigenvalue weighted by molar-refractivity contribution is 5.30. The van der Waals surface area contributed by atoms with Crippen molar-refractivity contribution >= 4 is 0 Å². The van der Waals surface area contributed by atoms with Gasteiger partial charge in [0, 0.05) is 12.6 Å². The Labute approximate surface area is 107 Å². The third kappa shape index (κ3) is 2.87. The van der Waals surface area contributed by atoms with Crippen LogP contribution in [0, 0.1) is 0 Å². The Morgan fingerprint density at radius 1 is 1.44 bits per heavy atom. The number of benzene rings is 1. The van der Waals surface area contributed by atoms with Crippen LogP contribution >= 0.6 is 0 Å². The number of aryl methyl sites for hydroxylation is 1. The number of aromatic nitrogens is 3. The van der Waals surface area contributed by atoms with Crippen molar-refractivity contribution in [1.29, 1.82) is 0 Å². The molecule has 1 atom stereocenters. The third-order valence-electron chi connectivity index (χ3n) is 2.75. The van der Waals surface area contributed by atoms with Gasteiger partial charge in [0.05, 0.1) is 0 Å². The zero-order valence-corrected chi connectivity index (χ0v) is 10.7. The molecule has 1 aromatic carbocycles. The van der Waals surface area contributed by atoms with Gasteiger partial charge in [-0.3, -0.25) is 0 Å². The van der Waals surface area contributed by atoms with Crippen molar-refractivity contribution in [2.24, 2.45) is 5.73 Å². The van der Waals surface area contributed by atoms with Gasteiger partial charge in [-0.25, -0.2) is 9.67 Å². The van der Waals surface area contributed by atoms with Crippen LogP contribution in [0.5, 0.6) is 5.75 Å². The summed E-state index contributed by atoms with van der Waals surface area (Å²) in [6.45, 7) is 5.18. The molecule has 2 N–H and O–H groups in total. The molecule has 0 fully saturated rings. The minimum absolute atomic E-state index is 0.00726. The van der Waals surface area contributed by atoms with E-state index in [-0.39, 0.29) is 6.04 Å². The highest BCUT2D eigenvalue weighted by Crippen LogP contribution is 2.18. The van der Waals surface area contributed by atoms with Crippen LogP contribution in [-0.2, 0) is 13.2 Å². The van der Waals surface area contributed by atoms with Crippen molar-refractivity contribution in [3.8, 4) is 5.75 Å². The molecule has 0 aliphatic rings. The Kier molecular flexibility index (Phi) is 3.94. The molecular formula is C13H18N4O. The lowest BCUT2D eigenvalue weighted by Crippen LogP contribution is -2.08. The Morgan fingerprint density at radius 2 is 2.28 bits per heavy atom. The molecule has 1 aromatic heterocycles. The van der Waals surface area contributed by atoms with Gasteiger partial charge in [0.2, 0.25) is 0 Å². The number of ether oxygens (including phenoxy) is 1. The molecule has 0 spiro atoms. The van der Waals surface area contributed by atoms with Gasteiger partial charge in [-0.2, -0.15) is 5.10 Å². The summed E-state index contributed by atoms with van der Waals surface area (Å²) in [7, 11) is 0. The van der Waals surface area contributed by atoms with Crippen LogP contribution in [0.1, 0.15) is 31.3 Å².